The van der Waals surface area contributed by atoms with Crippen LogP contribution in [0.1, 0.15) is 184 Å². The molecule has 2 saturated heterocycles. The number of nitrogens with zero attached hydrogens (tertiary/aromatic N) is 14. The summed E-state index contributed by atoms with van der Waals surface area (Å²) >= 11 is 5.59. The SMILES string of the molecule is C=C1NC(=O)C/C1=C\c1cnn2c(NC3CC3)cc(-c3ccc(C(=O)NCCCC(=O)OCC)s3)nc12.C=c1[nH]c(=O)[nH]/c1=C\c1cnn2c(NC3CC3)cc(-c3ccc(C(=O)N4C(C)C=CC4C)s3)nc12.C=c1[nH]c(=O)[nH]/c1=C\c1cnn2c(NC3CC3)cc(-c3ccc(C(=O)NCCCCN4CCCC4)s3)nc12.C=c1[nH]c(=O)[nH]/c1=C\c1cnn2c(NC3CC3)cc(-c3ccc(C(=O)NCCCO)s3)nc12. The average molecular weight is 2010 g/mol. The number of aliphatic hydroxyl groups is 1. The van der Waals surface area contributed by atoms with Crippen LogP contribution in [0.15, 0.2) is 142 Å². The molecule has 5 amide bonds. The van der Waals surface area contributed by atoms with E-state index in [0.717, 1.165) is 164 Å². The summed E-state index contributed by atoms with van der Waals surface area (Å²) in [6, 6.07) is 24.6. The zero-order valence-corrected chi connectivity index (χ0v) is 82.2. The van der Waals surface area contributed by atoms with Crippen molar-refractivity contribution in [2.75, 3.05) is 73.7 Å². The number of fused-ring (bicyclic) bond motifs is 4. The number of carbonyl (C=O) groups excluding carboxylic acids is 6. The molecule has 43 heteroatoms. The number of thiophene rings is 4. The van der Waals surface area contributed by atoms with Crippen LogP contribution >= 0.6 is 45.3 Å². The van der Waals surface area contributed by atoms with Gasteiger partial charge in [0.25, 0.3) is 23.6 Å². The molecule has 18 heterocycles. The van der Waals surface area contributed by atoms with Gasteiger partial charge in [-0.1, -0.05) is 38.5 Å². The van der Waals surface area contributed by atoms with Gasteiger partial charge < -0.3 is 92.1 Å². The highest BCUT2D eigenvalue weighted by molar-refractivity contribution is 7.18. The van der Waals surface area contributed by atoms with Gasteiger partial charge in [-0.15, -0.1) is 45.3 Å². The number of hydrogen-bond acceptors (Lipinski definition) is 28. The summed E-state index contributed by atoms with van der Waals surface area (Å²) in [5, 5.41) is 55.8. The quantitative estimate of drug-likeness (QED) is 0.0106. The predicted molar refractivity (Wildman–Crippen MR) is 555 cm³/mol. The third-order valence-corrected chi connectivity index (χ3v) is 29.2. The topological polar surface area (TPSA) is 501 Å². The Morgan fingerprint density at radius 1 is 0.462 bits per heavy atom. The summed E-state index contributed by atoms with van der Waals surface area (Å²) in [5.74, 6) is 2.61. The number of rotatable bonds is 33. The molecular weight excluding hydrogens is 1900 g/mol. The van der Waals surface area contributed by atoms with Gasteiger partial charge in [-0.05, 0) is 209 Å². The van der Waals surface area contributed by atoms with Gasteiger partial charge in [0.1, 0.15) is 23.3 Å². The number of anilines is 4. The van der Waals surface area contributed by atoms with Crippen LogP contribution < -0.4 is 91.7 Å². The van der Waals surface area contributed by atoms with E-state index in [1.54, 1.807) is 68.0 Å². The van der Waals surface area contributed by atoms with E-state index in [1.807, 2.05) is 97.6 Å². The Morgan fingerprint density at radius 3 is 1.15 bits per heavy atom. The summed E-state index contributed by atoms with van der Waals surface area (Å²) in [6.07, 6.45) is 33.5. The summed E-state index contributed by atoms with van der Waals surface area (Å²) < 4.78 is 12.0. The van der Waals surface area contributed by atoms with Gasteiger partial charge in [-0.2, -0.15) is 38.5 Å². The van der Waals surface area contributed by atoms with E-state index in [9.17, 15) is 43.2 Å². The summed E-state index contributed by atoms with van der Waals surface area (Å²) in [4.78, 5) is 155. The highest BCUT2D eigenvalue weighted by Crippen LogP contribution is 2.39. The molecule has 0 bridgehead atoms. The minimum absolute atomic E-state index is 0.0291. The zero-order chi connectivity index (χ0) is 99.2. The van der Waals surface area contributed by atoms with Crippen molar-refractivity contribution in [3.05, 3.63) is 233 Å². The number of imidazole rings is 3. The average Bonchev–Trinajstić information content (AvgIpc) is 1.65. The number of allylic oxidation sites excluding steroid dienone is 1. The predicted octanol–water partition coefficient (Wildman–Crippen LogP) is 7.89. The molecule has 6 fully saturated rings. The number of esters is 1. The number of likely N-dealkylation sites (tertiary alicyclic amines) is 1. The number of hydrogen-bond donors (Lipinski definition) is 15. The smallest absolute Gasteiger partial charge is 0.323 e. The Bertz CT molecular complexity index is 8030. The van der Waals surface area contributed by atoms with Crippen molar-refractivity contribution in [3.8, 4) is 42.3 Å². The molecule has 2 unspecified atom stereocenters. The monoisotopic (exact) mass is 2000 g/mol. The van der Waals surface area contributed by atoms with Gasteiger partial charge in [-0.25, -0.2) is 34.3 Å². The molecule has 3 aliphatic heterocycles. The molecule has 2 atom stereocenters. The van der Waals surface area contributed by atoms with E-state index in [2.05, 4.69) is 136 Å². The maximum atomic E-state index is 13.2. The van der Waals surface area contributed by atoms with Gasteiger partial charge in [0.05, 0.1) is 132 Å². The normalized spacial score (nSPS) is 16.8. The maximum absolute atomic E-state index is 13.2. The summed E-state index contributed by atoms with van der Waals surface area (Å²) in [7, 11) is 0. The molecule has 7 aliphatic rings. The number of H-pyrrole nitrogens is 6. The first-order valence-electron chi connectivity index (χ1n) is 47.9. The molecule has 143 heavy (non-hydrogen) atoms. The fraction of sp³-hybridized carbons (Fsp3) is 0.330. The summed E-state index contributed by atoms with van der Waals surface area (Å²) in [5.41, 5.74) is 9.04. The number of aromatic nitrogens is 18. The maximum Gasteiger partial charge on any atom is 0.323 e. The Morgan fingerprint density at radius 2 is 0.811 bits per heavy atom. The van der Waals surface area contributed by atoms with Crippen molar-refractivity contribution in [1.82, 2.24) is 119 Å². The second-order valence-corrected chi connectivity index (χ2v) is 40.4. The highest BCUT2D eigenvalue weighted by Gasteiger charge is 2.33. The van der Waals surface area contributed by atoms with Gasteiger partial charge in [0, 0.05) is 121 Å². The third kappa shape index (κ3) is 23.2. The number of amides is 5. The molecule has 39 nitrogen and oxygen atoms in total. The van der Waals surface area contributed by atoms with E-state index >= 15 is 0 Å². The van der Waals surface area contributed by atoms with Crippen LogP contribution in [0.4, 0.5) is 23.3 Å². The molecule has 4 aliphatic carbocycles. The van der Waals surface area contributed by atoms with Crippen molar-refractivity contribution in [2.24, 2.45) is 0 Å². The third-order valence-electron chi connectivity index (χ3n) is 24.7. The lowest BCUT2D eigenvalue weighted by Gasteiger charge is -2.25. The number of carbonyl (C=O) groups is 6. The number of unbranched alkanes of at least 4 members (excludes halogenated alkanes) is 1. The molecule has 0 aromatic carbocycles. The number of nitrogens with one attached hydrogen (secondary N) is 14. The van der Waals surface area contributed by atoms with Crippen LogP contribution in [-0.4, -0.2) is 227 Å². The highest BCUT2D eigenvalue weighted by atomic mass is 32.1. The zero-order valence-electron chi connectivity index (χ0n) is 78.9. The van der Waals surface area contributed by atoms with E-state index < -0.39 is 0 Å². The van der Waals surface area contributed by atoms with E-state index in [4.69, 9.17) is 29.8 Å². The van der Waals surface area contributed by atoms with Crippen molar-refractivity contribution in [1.29, 1.82) is 0 Å². The Balaban J connectivity index is 0.000000121. The number of aromatic amines is 6. The number of ether oxygens (including phenoxy) is 1. The van der Waals surface area contributed by atoms with Gasteiger partial charge in [-0.3, -0.25) is 28.8 Å². The van der Waals surface area contributed by atoms with Crippen molar-refractivity contribution >= 4 is 171 Å². The summed E-state index contributed by atoms with van der Waals surface area (Å²) in [6.45, 7) is 26.8. The second-order valence-electron chi connectivity index (χ2n) is 36.1. The standard InChI is InChI=1S/C27H32N8O2S.C26H28N6O4S.C25H25N7O2S.C22H23N7O3S/c1-17-20(33-27(37)30-17)14-18-16-29-35-24(31-19-6-7-19)15-21(32-25(18)35)22-8-9-23(38-22)26(36)28-10-2-3-11-34-12-4-5-13-34;1-3-36-24(34)5-4-10-27-26(35)21-9-8-20(37-21)19-13-22(30-18-6-7-18)32-25(31-19)17(14-28-32)11-16-12-23(33)29-15(16)2;1-13-4-5-14(2)31(13)24(33)21-9-8-20(35-21)19-11-22(28-17-6-7-17)32-23(29-19)16(12-26-32)10-18-15(3)27-25(34)30-18;1-12-15(28-22(32)25-12)9-13-11-24-29-19(26-14-3-4-14)10-16(27-20(13)29)17-5-6-18(33-17)21(31)23-7-2-8-30/h8-9,14-16,19,31H,1-7,10-13H2,(H,28,36)(H2,30,33,37);8-9,11,13-14,18,30H,2-7,10,12H2,1H3,(H,27,35)(H,29,33);4-5,8-14,17,28H,3,6-7H2,1-2H3,(H2,27,30,34);5-6,9-11,14,26,30H,1-4,7-8H2,(H,23,31)(H2,25,28,32)/b20-14-;16-11+;18-10-;15-9-. The van der Waals surface area contributed by atoms with Crippen LogP contribution in [0.3, 0.4) is 0 Å². The van der Waals surface area contributed by atoms with Gasteiger partial charge in [0.15, 0.2) is 22.6 Å². The molecule has 0 spiro atoms. The fourth-order valence-corrected chi connectivity index (χ4v) is 20.2. The van der Waals surface area contributed by atoms with Gasteiger partial charge in [0.2, 0.25) is 5.91 Å². The molecule has 15 aromatic rings. The van der Waals surface area contributed by atoms with E-state index in [0.29, 0.717) is 143 Å². The Kier molecular flexibility index (Phi) is 28.8. The van der Waals surface area contributed by atoms with E-state index in [-0.39, 0.29) is 84.1 Å². The Labute approximate surface area is 832 Å². The minimum Gasteiger partial charge on any atom is -0.466 e. The van der Waals surface area contributed by atoms with Crippen LogP contribution in [0.5, 0.6) is 0 Å². The lowest BCUT2D eigenvalue weighted by Crippen LogP contribution is -2.38. The molecule has 22 rings (SSSR count). The molecule has 738 valence electrons. The van der Waals surface area contributed by atoms with Crippen molar-refractivity contribution in [3.63, 3.8) is 0 Å². The molecule has 0 radical (unpaired) electrons. The first-order valence-corrected chi connectivity index (χ1v) is 51.1. The minimum atomic E-state index is -0.323. The van der Waals surface area contributed by atoms with Crippen molar-refractivity contribution < 1.29 is 38.6 Å². The second kappa shape index (κ2) is 42.6. The molecule has 15 aromatic heterocycles. The molecular formula is C100H108N28O11S4. The van der Waals surface area contributed by atoms with Crippen LogP contribution in [0.2, 0.25) is 0 Å². The van der Waals surface area contributed by atoms with Crippen LogP contribution in [-0.2, 0) is 14.3 Å². The Hall–Kier alpha value is -15.3. The molecule has 4 saturated carbocycles. The van der Waals surface area contributed by atoms with E-state index in [1.165, 1.54) is 71.3 Å². The lowest BCUT2D eigenvalue weighted by molar-refractivity contribution is -0.143. The largest absolute Gasteiger partial charge is 0.466 e. The van der Waals surface area contributed by atoms with Gasteiger partial charge >= 0.3 is 23.0 Å². The first-order chi connectivity index (χ1) is 69.3. The van der Waals surface area contributed by atoms with Crippen LogP contribution in [0.25, 0.3) is 109 Å². The van der Waals surface area contributed by atoms with Crippen molar-refractivity contribution in [2.45, 2.75) is 160 Å². The number of aliphatic hydroxyl groups excluding tert-OH is 1. The molecule has 15 N–H and O–H groups in total. The fourth-order valence-electron chi connectivity index (χ4n) is 16.7. The first kappa shape index (κ1) is 96.6. The lowest BCUT2D eigenvalue weighted by atomic mass is 10.1. The van der Waals surface area contributed by atoms with Crippen LogP contribution in [0, 0.1) is 0 Å².